The number of phenolic OH excluding ortho intramolecular Hbond substituents is 1. The molecule has 0 bridgehead atoms. The summed E-state index contributed by atoms with van der Waals surface area (Å²) < 4.78 is 33.8. The van der Waals surface area contributed by atoms with Gasteiger partial charge in [0.15, 0.2) is 5.96 Å². The molecule has 0 aliphatic carbocycles. The van der Waals surface area contributed by atoms with Crippen LogP contribution in [0.4, 0.5) is 8.78 Å². The van der Waals surface area contributed by atoms with E-state index in [0.29, 0.717) is 29.4 Å². The maximum atomic E-state index is 12.2. The van der Waals surface area contributed by atoms with Gasteiger partial charge >= 0.3 is 6.61 Å². The Labute approximate surface area is 168 Å². The Morgan fingerprint density at radius 3 is 2.41 bits per heavy atom. The van der Waals surface area contributed by atoms with Gasteiger partial charge in [-0.1, -0.05) is 12.1 Å². The molecule has 29 heavy (non-hydrogen) atoms. The Morgan fingerprint density at radius 2 is 1.79 bits per heavy atom. The minimum Gasteiger partial charge on any atom is -0.508 e. The van der Waals surface area contributed by atoms with Crippen molar-refractivity contribution in [3.05, 3.63) is 53.6 Å². The highest BCUT2D eigenvalue weighted by Crippen LogP contribution is 2.23. The lowest BCUT2D eigenvalue weighted by Gasteiger charge is -2.16. The van der Waals surface area contributed by atoms with Crippen molar-refractivity contribution in [2.75, 3.05) is 20.2 Å². The van der Waals surface area contributed by atoms with E-state index >= 15 is 0 Å². The highest BCUT2D eigenvalue weighted by molar-refractivity contribution is 5.79. The van der Waals surface area contributed by atoms with Crippen LogP contribution in [0.15, 0.2) is 47.5 Å². The molecule has 7 nitrogen and oxygen atoms in total. The molecule has 158 valence electrons. The molecule has 1 atom stereocenters. The van der Waals surface area contributed by atoms with E-state index in [1.807, 2.05) is 6.92 Å². The Balaban J connectivity index is 1.98. The monoisotopic (exact) mass is 409 g/mol. The summed E-state index contributed by atoms with van der Waals surface area (Å²) in [6, 6.07) is 10.7. The highest BCUT2D eigenvalue weighted by atomic mass is 19.3. The van der Waals surface area contributed by atoms with Crippen molar-refractivity contribution in [2.45, 2.75) is 26.2 Å². The van der Waals surface area contributed by atoms with Crippen LogP contribution in [-0.2, 0) is 6.54 Å². The third-order valence-electron chi connectivity index (χ3n) is 3.99. The SMILES string of the molecule is CCNC(=NCc1cc(OC)ccc1O)NCC(O)c1ccc(OC(F)F)cc1. The number of aromatic hydroxyl groups is 1. The number of aliphatic hydroxyl groups is 1. The number of benzene rings is 2. The molecule has 0 saturated carbocycles. The minimum absolute atomic E-state index is 0.0249. The average molecular weight is 409 g/mol. The number of nitrogens with zero attached hydrogens (tertiary/aromatic N) is 1. The third kappa shape index (κ3) is 7.11. The molecule has 0 aromatic heterocycles. The summed E-state index contributed by atoms with van der Waals surface area (Å²) in [5.74, 6) is 1.19. The van der Waals surface area contributed by atoms with Crippen LogP contribution in [0.3, 0.4) is 0 Å². The van der Waals surface area contributed by atoms with Gasteiger partial charge in [0, 0.05) is 18.7 Å². The van der Waals surface area contributed by atoms with Crippen LogP contribution in [0.2, 0.25) is 0 Å². The van der Waals surface area contributed by atoms with Gasteiger partial charge in [0.2, 0.25) is 0 Å². The van der Waals surface area contributed by atoms with Crippen LogP contribution < -0.4 is 20.1 Å². The minimum atomic E-state index is -2.89. The van der Waals surface area contributed by atoms with Gasteiger partial charge in [-0.3, -0.25) is 0 Å². The predicted molar refractivity (Wildman–Crippen MR) is 106 cm³/mol. The summed E-state index contributed by atoms with van der Waals surface area (Å²) in [7, 11) is 1.54. The van der Waals surface area contributed by atoms with E-state index in [1.165, 1.54) is 30.3 Å². The number of halogens is 2. The molecule has 0 amide bonds. The van der Waals surface area contributed by atoms with Gasteiger partial charge in [-0.15, -0.1) is 0 Å². The Bertz CT molecular complexity index is 801. The number of alkyl halides is 2. The number of ether oxygens (including phenoxy) is 2. The van der Waals surface area contributed by atoms with Gasteiger partial charge in [-0.2, -0.15) is 8.78 Å². The Hall–Kier alpha value is -3.07. The van der Waals surface area contributed by atoms with E-state index in [0.717, 1.165) is 0 Å². The first-order valence-electron chi connectivity index (χ1n) is 9.03. The molecule has 4 N–H and O–H groups in total. The summed E-state index contributed by atoms with van der Waals surface area (Å²) in [5, 5.41) is 26.3. The Morgan fingerprint density at radius 1 is 1.10 bits per heavy atom. The first-order chi connectivity index (χ1) is 13.9. The van der Waals surface area contributed by atoms with E-state index < -0.39 is 12.7 Å². The summed E-state index contributed by atoms with van der Waals surface area (Å²) in [6.45, 7) is -0.0428. The van der Waals surface area contributed by atoms with Crippen molar-refractivity contribution < 1.29 is 28.5 Å². The molecule has 9 heteroatoms. The van der Waals surface area contributed by atoms with Crippen LogP contribution in [0.25, 0.3) is 0 Å². The molecule has 0 aliphatic heterocycles. The lowest BCUT2D eigenvalue weighted by atomic mass is 10.1. The second-order valence-corrected chi connectivity index (χ2v) is 6.03. The fourth-order valence-corrected chi connectivity index (χ4v) is 2.50. The summed E-state index contributed by atoms with van der Waals surface area (Å²) >= 11 is 0. The molecule has 0 fully saturated rings. The maximum Gasteiger partial charge on any atom is 0.387 e. The van der Waals surface area contributed by atoms with E-state index in [9.17, 15) is 19.0 Å². The van der Waals surface area contributed by atoms with Crippen LogP contribution in [0, 0.1) is 0 Å². The lowest BCUT2D eigenvalue weighted by molar-refractivity contribution is -0.0498. The number of aliphatic hydroxyl groups excluding tert-OH is 1. The van der Waals surface area contributed by atoms with Gasteiger partial charge in [-0.25, -0.2) is 4.99 Å². The van der Waals surface area contributed by atoms with Crippen molar-refractivity contribution in [3.63, 3.8) is 0 Å². The van der Waals surface area contributed by atoms with E-state index in [-0.39, 0.29) is 24.6 Å². The quantitative estimate of drug-likeness (QED) is 0.376. The zero-order chi connectivity index (χ0) is 21.2. The van der Waals surface area contributed by atoms with E-state index in [1.54, 1.807) is 19.2 Å². The zero-order valence-corrected chi connectivity index (χ0v) is 16.2. The average Bonchev–Trinajstić information content (AvgIpc) is 2.71. The number of aliphatic imine (C=N–C) groups is 1. The van der Waals surface area contributed by atoms with Crippen molar-refractivity contribution in [1.82, 2.24) is 10.6 Å². The second kappa shape index (κ2) is 11.1. The van der Waals surface area contributed by atoms with Crippen molar-refractivity contribution in [3.8, 4) is 17.2 Å². The standard InChI is InChI=1S/C20H25F2N3O4/c1-3-23-20(24-11-14-10-16(28-2)8-9-17(14)26)25-12-18(27)13-4-6-15(7-5-13)29-19(21)22/h4-10,18-19,26-27H,3,11-12H2,1-2H3,(H2,23,24,25). The van der Waals surface area contributed by atoms with Gasteiger partial charge in [-0.05, 0) is 42.8 Å². The highest BCUT2D eigenvalue weighted by Gasteiger charge is 2.11. The Kier molecular flexibility index (Phi) is 8.47. The smallest absolute Gasteiger partial charge is 0.387 e. The van der Waals surface area contributed by atoms with Gasteiger partial charge in [0.25, 0.3) is 0 Å². The molecule has 0 radical (unpaired) electrons. The van der Waals surface area contributed by atoms with Gasteiger partial charge in [0.05, 0.1) is 19.8 Å². The molecule has 2 aromatic rings. The van der Waals surface area contributed by atoms with E-state index in [2.05, 4.69) is 20.4 Å². The fraction of sp³-hybridized carbons (Fsp3) is 0.350. The molecule has 2 rings (SSSR count). The van der Waals surface area contributed by atoms with Crippen LogP contribution in [0.5, 0.6) is 17.2 Å². The number of nitrogens with one attached hydrogen (secondary N) is 2. The molecular weight excluding hydrogens is 384 g/mol. The first-order valence-corrected chi connectivity index (χ1v) is 9.03. The van der Waals surface area contributed by atoms with Crippen molar-refractivity contribution in [1.29, 1.82) is 0 Å². The first kappa shape index (κ1) is 22.2. The number of rotatable bonds is 9. The van der Waals surface area contributed by atoms with Crippen molar-refractivity contribution in [2.24, 2.45) is 4.99 Å². The number of hydrogen-bond donors (Lipinski definition) is 4. The largest absolute Gasteiger partial charge is 0.508 e. The summed E-state index contributed by atoms with van der Waals surface area (Å²) in [4.78, 5) is 4.40. The molecule has 1 unspecified atom stereocenters. The van der Waals surface area contributed by atoms with Gasteiger partial charge < -0.3 is 30.3 Å². The van der Waals surface area contributed by atoms with Crippen LogP contribution in [-0.4, -0.2) is 43.0 Å². The number of guanidine groups is 1. The fourth-order valence-electron chi connectivity index (χ4n) is 2.50. The molecule has 2 aromatic carbocycles. The van der Waals surface area contributed by atoms with E-state index in [4.69, 9.17) is 4.74 Å². The summed E-state index contributed by atoms with van der Waals surface area (Å²) in [6.07, 6.45) is -0.885. The van der Waals surface area contributed by atoms with Crippen LogP contribution >= 0.6 is 0 Å². The molecule has 0 aliphatic rings. The third-order valence-corrected chi connectivity index (χ3v) is 3.99. The number of phenols is 1. The second-order valence-electron chi connectivity index (χ2n) is 6.03. The maximum absolute atomic E-state index is 12.2. The molecule has 0 heterocycles. The normalized spacial score (nSPS) is 12.6. The van der Waals surface area contributed by atoms with Crippen LogP contribution in [0.1, 0.15) is 24.2 Å². The summed E-state index contributed by atoms with van der Waals surface area (Å²) in [5.41, 5.74) is 1.14. The lowest BCUT2D eigenvalue weighted by Crippen LogP contribution is -2.39. The zero-order valence-electron chi connectivity index (χ0n) is 16.2. The molecule has 0 spiro atoms. The van der Waals surface area contributed by atoms with Crippen molar-refractivity contribution >= 4 is 5.96 Å². The molecular formula is C20H25F2N3O4. The number of hydrogen-bond acceptors (Lipinski definition) is 5. The topological polar surface area (TPSA) is 95.3 Å². The van der Waals surface area contributed by atoms with Gasteiger partial charge in [0.1, 0.15) is 17.2 Å². The molecule has 0 saturated heterocycles. The predicted octanol–water partition coefficient (Wildman–Crippen LogP) is 2.79. The number of methoxy groups -OCH3 is 1.